The van der Waals surface area contributed by atoms with Crippen LogP contribution in [-0.2, 0) is 19.4 Å². The van der Waals surface area contributed by atoms with Gasteiger partial charge in [-0.1, -0.05) is 23.0 Å². The summed E-state index contributed by atoms with van der Waals surface area (Å²) in [4.78, 5) is 0. The van der Waals surface area contributed by atoms with Crippen molar-refractivity contribution in [3.63, 3.8) is 0 Å². The lowest BCUT2D eigenvalue weighted by Gasteiger charge is -2.39. The SMILES string of the molecule is C=C[C@H](O)/C(=N\OS(=O)(=O)O)S[C@@H]1O[C@H](CO)[C@@H](O)[C@H](O)[C@H]1O. The van der Waals surface area contributed by atoms with E-state index in [0.29, 0.717) is 11.8 Å². The van der Waals surface area contributed by atoms with E-state index >= 15 is 0 Å². The van der Waals surface area contributed by atoms with E-state index in [-0.39, 0.29) is 0 Å². The summed E-state index contributed by atoms with van der Waals surface area (Å²) in [5, 5.41) is 50.4. The minimum atomic E-state index is -4.93. The van der Waals surface area contributed by atoms with Crippen LogP contribution < -0.4 is 0 Å². The molecule has 6 N–H and O–H groups in total. The summed E-state index contributed by atoms with van der Waals surface area (Å²) < 4.78 is 38.4. The normalized spacial score (nSPS) is 34.0. The molecule has 0 aliphatic carbocycles. The Bertz CT molecular complexity index is 536. The van der Waals surface area contributed by atoms with Crippen LogP contribution in [0.25, 0.3) is 0 Å². The first-order valence-corrected chi connectivity index (χ1v) is 8.37. The van der Waals surface area contributed by atoms with Crippen LogP contribution in [0.1, 0.15) is 0 Å². The lowest BCUT2D eigenvalue weighted by atomic mass is 10.0. The number of aliphatic hydroxyl groups excluding tert-OH is 5. The van der Waals surface area contributed by atoms with E-state index in [1.807, 2.05) is 0 Å². The quantitative estimate of drug-likeness (QED) is 0.0925. The second kappa shape index (κ2) is 8.36. The van der Waals surface area contributed by atoms with Crippen molar-refractivity contribution in [3.05, 3.63) is 12.7 Å². The monoisotopic (exact) mass is 375 g/mol. The molecule has 13 heteroatoms. The highest BCUT2D eigenvalue weighted by atomic mass is 32.3. The smallest absolute Gasteiger partial charge is 0.394 e. The maximum absolute atomic E-state index is 10.5. The third-order valence-corrected chi connectivity index (χ3v) is 4.23. The third kappa shape index (κ3) is 5.66. The molecule has 0 bridgehead atoms. The molecule has 0 radical (unpaired) electrons. The zero-order valence-corrected chi connectivity index (χ0v) is 13.2. The Labute approximate surface area is 135 Å². The van der Waals surface area contributed by atoms with Gasteiger partial charge in [0.1, 0.15) is 41.0 Å². The number of hydrogen-bond donors (Lipinski definition) is 6. The molecular formula is C10H17NO10S2. The van der Waals surface area contributed by atoms with Crippen molar-refractivity contribution in [1.82, 2.24) is 0 Å². The molecular weight excluding hydrogens is 358 g/mol. The average molecular weight is 375 g/mol. The van der Waals surface area contributed by atoms with Crippen molar-refractivity contribution in [3.8, 4) is 0 Å². The maximum Gasteiger partial charge on any atom is 0.466 e. The second-order valence-corrected chi connectivity index (χ2v) is 6.55. The van der Waals surface area contributed by atoms with Gasteiger partial charge in [0.2, 0.25) is 0 Å². The van der Waals surface area contributed by atoms with Crippen molar-refractivity contribution in [2.45, 2.75) is 36.0 Å². The fourth-order valence-corrected chi connectivity index (χ4v) is 2.89. The van der Waals surface area contributed by atoms with E-state index < -0.39 is 58.0 Å². The molecule has 0 aromatic heterocycles. The van der Waals surface area contributed by atoms with Gasteiger partial charge in [-0.2, -0.15) is 8.42 Å². The summed E-state index contributed by atoms with van der Waals surface area (Å²) in [7, 11) is -4.93. The molecule has 0 amide bonds. The summed E-state index contributed by atoms with van der Waals surface area (Å²) >= 11 is 0.446. The van der Waals surface area contributed by atoms with Gasteiger partial charge in [0.05, 0.1) is 6.61 Å². The Morgan fingerprint density at radius 3 is 2.43 bits per heavy atom. The van der Waals surface area contributed by atoms with Crippen molar-refractivity contribution < 1.29 is 47.5 Å². The molecule has 23 heavy (non-hydrogen) atoms. The highest BCUT2D eigenvalue weighted by Gasteiger charge is 2.44. The van der Waals surface area contributed by atoms with E-state index in [0.717, 1.165) is 6.08 Å². The van der Waals surface area contributed by atoms with Crippen LogP contribution in [0.5, 0.6) is 0 Å². The predicted octanol–water partition coefficient (Wildman–Crippen LogP) is -2.80. The van der Waals surface area contributed by atoms with Crippen molar-refractivity contribution in [2.75, 3.05) is 6.61 Å². The van der Waals surface area contributed by atoms with Crippen molar-refractivity contribution >= 4 is 27.2 Å². The van der Waals surface area contributed by atoms with Crippen LogP contribution in [0.15, 0.2) is 17.8 Å². The highest BCUT2D eigenvalue weighted by Crippen LogP contribution is 2.30. The van der Waals surface area contributed by atoms with Crippen molar-refractivity contribution in [1.29, 1.82) is 0 Å². The Morgan fingerprint density at radius 1 is 1.35 bits per heavy atom. The fraction of sp³-hybridized carbons (Fsp3) is 0.700. The molecule has 134 valence electrons. The Morgan fingerprint density at radius 2 is 1.96 bits per heavy atom. The van der Waals surface area contributed by atoms with E-state index in [1.54, 1.807) is 0 Å². The fourth-order valence-electron chi connectivity index (χ4n) is 1.61. The number of rotatable bonds is 6. The molecule has 1 aliphatic rings. The van der Waals surface area contributed by atoms with Crippen LogP contribution in [0.4, 0.5) is 0 Å². The molecule has 1 rings (SSSR count). The van der Waals surface area contributed by atoms with E-state index in [9.17, 15) is 28.8 Å². The second-order valence-electron chi connectivity index (χ2n) is 4.43. The molecule has 1 heterocycles. The summed E-state index contributed by atoms with van der Waals surface area (Å²) in [5.74, 6) is 0. The topological polar surface area (TPSA) is 186 Å². The lowest BCUT2D eigenvalue weighted by Crippen LogP contribution is -2.57. The summed E-state index contributed by atoms with van der Waals surface area (Å²) in [6.45, 7) is 2.59. The molecule has 1 saturated heterocycles. The molecule has 0 saturated carbocycles. The Kier molecular flexibility index (Phi) is 7.37. The average Bonchev–Trinajstić information content (AvgIpc) is 2.49. The molecule has 1 aliphatic heterocycles. The highest BCUT2D eigenvalue weighted by molar-refractivity contribution is 8.14. The number of hydrogen-bond acceptors (Lipinski definition) is 11. The van der Waals surface area contributed by atoms with Crippen LogP contribution in [0.2, 0.25) is 0 Å². The number of oxime groups is 1. The largest absolute Gasteiger partial charge is 0.466 e. The number of nitrogens with zero attached hydrogens (tertiary/aromatic N) is 1. The zero-order valence-electron chi connectivity index (χ0n) is 11.5. The van der Waals surface area contributed by atoms with Gasteiger partial charge < -0.3 is 30.3 Å². The van der Waals surface area contributed by atoms with Gasteiger partial charge in [-0.15, -0.1) is 6.58 Å². The standard InChI is InChI=1S/C10H17NO10S2/c1-2-4(13)9(11-21-23(17,18)19)22-10-8(16)7(15)6(14)5(3-12)20-10/h2,4-8,10,12-16H,1,3H2,(H,17,18,19)/b11-9+/t4-,5+,6+,7-,8+,10-/m0/s1. The molecule has 0 aromatic rings. The van der Waals surface area contributed by atoms with Gasteiger partial charge in [-0.3, -0.25) is 4.55 Å². The predicted molar refractivity (Wildman–Crippen MR) is 77.6 cm³/mol. The third-order valence-electron chi connectivity index (χ3n) is 2.78. The summed E-state index contributed by atoms with van der Waals surface area (Å²) in [6.07, 6.45) is -6.67. The first-order chi connectivity index (χ1) is 10.6. The molecule has 0 aromatic carbocycles. The van der Waals surface area contributed by atoms with Gasteiger partial charge in [-0.05, 0) is 0 Å². The lowest BCUT2D eigenvalue weighted by molar-refractivity contribution is -0.205. The maximum atomic E-state index is 10.5. The Hall–Kier alpha value is -0.770. The van der Waals surface area contributed by atoms with Gasteiger partial charge in [0.15, 0.2) is 0 Å². The van der Waals surface area contributed by atoms with Crippen LogP contribution in [0.3, 0.4) is 0 Å². The number of thioether (sulfide) groups is 1. The molecule has 0 unspecified atom stereocenters. The van der Waals surface area contributed by atoms with Crippen molar-refractivity contribution in [2.24, 2.45) is 5.16 Å². The number of aliphatic hydroxyl groups is 5. The van der Waals surface area contributed by atoms with Gasteiger partial charge in [0, 0.05) is 0 Å². The van der Waals surface area contributed by atoms with Crippen LogP contribution in [-0.4, -0.2) is 86.1 Å². The minimum Gasteiger partial charge on any atom is -0.394 e. The van der Waals surface area contributed by atoms with Gasteiger partial charge in [0.25, 0.3) is 0 Å². The first-order valence-electron chi connectivity index (χ1n) is 6.12. The minimum absolute atomic E-state index is 0.446. The Balaban J connectivity index is 2.95. The summed E-state index contributed by atoms with van der Waals surface area (Å²) in [6, 6.07) is 0. The zero-order chi connectivity index (χ0) is 17.8. The van der Waals surface area contributed by atoms with Crippen LogP contribution in [0, 0.1) is 0 Å². The van der Waals surface area contributed by atoms with E-state index in [4.69, 9.17) is 14.4 Å². The first kappa shape index (κ1) is 20.3. The van der Waals surface area contributed by atoms with E-state index in [1.165, 1.54) is 0 Å². The molecule has 0 spiro atoms. The van der Waals surface area contributed by atoms with E-state index in [2.05, 4.69) is 16.0 Å². The molecule has 11 nitrogen and oxygen atoms in total. The molecule has 1 fully saturated rings. The van der Waals surface area contributed by atoms with Crippen LogP contribution >= 0.6 is 11.8 Å². The number of ether oxygens (including phenoxy) is 1. The van der Waals surface area contributed by atoms with Gasteiger partial charge >= 0.3 is 10.4 Å². The summed E-state index contributed by atoms with van der Waals surface area (Å²) in [5.41, 5.74) is -1.33. The van der Waals surface area contributed by atoms with Gasteiger partial charge in [-0.25, -0.2) is 4.28 Å². The molecule has 6 atom stereocenters.